The zero-order valence-corrected chi connectivity index (χ0v) is 9.03. The Morgan fingerprint density at radius 3 is 1.21 bits per heavy atom. The molecule has 14 heavy (non-hydrogen) atoms. The maximum Gasteiger partial charge on any atom is 0.0702 e. The number of β-amino-alcohol motifs (C(OH)–C–C–N with tert-alkyl or cyclic N) is 2. The Balaban J connectivity index is 0.000000140. The minimum Gasteiger partial charge on any atom is -0.391 e. The molecular weight excluding hydrogens is 180 g/mol. The van der Waals surface area contributed by atoms with Crippen molar-refractivity contribution >= 4 is 0 Å². The van der Waals surface area contributed by atoms with Gasteiger partial charge in [-0.1, -0.05) is 13.8 Å². The molecule has 0 aromatic heterocycles. The van der Waals surface area contributed by atoms with Gasteiger partial charge < -0.3 is 20.8 Å². The summed E-state index contributed by atoms with van der Waals surface area (Å²) in [5.74, 6) is 0.917. The highest BCUT2D eigenvalue weighted by molar-refractivity contribution is 4.76. The third-order valence-electron chi connectivity index (χ3n) is 2.95. The number of hydrogen-bond donors (Lipinski definition) is 4. The molecule has 4 atom stereocenters. The number of nitrogens with one attached hydrogen (secondary N) is 2. The Hall–Kier alpha value is -0.160. The molecule has 2 rings (SSSR count). The lowest BCUT2D eigenvalue weighted by atomic mass is 10.1. The molecule has 0 unspecified atom stereocenters. The summed E-state index contributed by atoms with van der Waals surface area (Å²) in [6.07, 6.45) is -0.194. The molecule has 2 fully saturated rings. The number of hydrogen-bond acceptors (Lipinski definition) is 4. The molecular formula is C10H22N2O2. The van der Waals surface area contributed by atoms with E-state index in [1.807, 2.05) is 13.8 Å². The first-order valence-corrected chi connectivity index (χ1v) is 5.38. The van der Waals surface area contributed by atoms with Gasteiger partial charge in [-0.3, -0.25) is 0 Å². The summed E-state index contributed by atoms with van der Waals surface area (Å²) >= 11 is 0. The molecule has 0 saturated carbocycles. The van der Waals surface area contributed by atoms with Crippen molar-refractivity contribution < 1.29 is 10.2 Å². The van der Waals surface area contributed by atoms with E-state index in [-0.39, 0.29) is 12.2 Å². The molecule has 4 nitrogen and oxygen atoms in total. The van der Waals surface area contributed by atoms with Gasteiger partial charge in [0.2, 0.25) is 0 Å². The Labute approximate surface area is 85.7 Å². The van der Waals surface area contributed by atoms with Crippen LogP contribution in [0.1, 0.15) is 13.8 Å². The Bertz CT molecular complexity index is 132. The molecule has 0 aromatic carbocycles. The average Bonchev–Trinajstić information content (AvgIpc) is 2.67. The molecule has 0 radical (unpaired) electrons. The van der Waals surface area contributed by atoms with E-state index in [0.717, 1.165) is 26.2 Å². The van der Waals surface area contributed by atoms with Crippen LogP contribution in [0, 0.1) is 11.8 Å². The third kappa shape index (κ3) is 3.53. The topological polar surface area (TPSA) is 64.5 Å². The van der Waals surface area contributed by atoms with E-state index in [0.29, 0.717) is 11.8 Å². The van der Waals surface area contributed by atoms with Crippen LogP contribution in [-0.2, 0) is 0 Å². The molecule has 0 amide bonds. The van der Waals surface area contributed by atoms with Crippen molar-refractivity contribution in [2.24, 2.45) is 11.8 Å². The lowest BCUT2D eigenvalue weighted by Crippen LogP contribution is -2.14. The van der Waals surface area contributed by atoms with Crippen molar-refractivity contribution in [1.82, 2.24) is 10.6 Å². The van der Waals surface area contributed by atoms with E-state index in [9.17, 15) is 0 Å². The van der Waals surface area contributed by atoms with Gasteiger partial charge in [0, 0.05) is 26.2 Å². The van der Waals surface area contributed by atoms with E-state index in [4.69, 9.17) is 10.2 Å². The van der Waals surface area contributed by atoms with E-state index in [1.54, 1.807) is 0 Å². The first-order valence-electron chi connectivity index (χ1n) is 5.38. The van der Waals surface area contributed by atoms with Gasteiger partial charge in [-0.15, -0.1) is 0 Å². The zero-order chi connectivity index (χ0) is 10.6. The summed E-state index contributed by atoms with van der Waals surface area (Å²) in [4.78, 5) is 0. The van der Waals surface area contributed by atoms with Crippen LogP contribution in [0.25, 0.3) is 0 Å². The van der Waals surface area contributed by atoms with E-state index >= 15 is 0 Å². The molecule has 0 spiro atoms. The average molecular weight is 202 g/mol. The standard InChI is InChI=1S/2C5H11NO/c2*1-4-2-6-3-5(4)7/h2*4-7H,2-3H2,1H3/t2*4-,5+/m10/s1. The third-order valence-corrected chi connectivity index (χ3v) is 2.95. The van der Waals surface area contributed by atoms with Crippen LogP contribution in [0.15, 0.2) is 0 Å². The van der Waals surface area contributed by atoms with Crippen molar-refractivity contribution in [3.8, 4) is 0 Å². The molecule has 0 aliphatic carbocycles. The second kappa shape index (κ2) is 5.66. The van der Waals surface area contributed by atoms with Crippen molar-refractivity contribution in [3.05, 3.63) is 0 Å². The number of rotatable bonds is 0. The minimum atomic E-state index is -0.0972. The number of aliphatic hydroxyl groups excluding tert-OH is 2. The molecule has 4 N–H and O–H groups in total. The number of aliphatic hydroxyl groups is 2. The van der Waals surface area contributed by atoms with Crippen molar-refractivity contribution in [2.75, 3.05) is 26.2 Å². The molecule has 0 aromatic rings. The summed E-state index contributed by atoms with van der Waals surface area (Å²) in [5.41, 5.74) is 0. The van der Waals surface area contributed by atoms with Gasteiger partial charge in [0.05, 0.1) is 12.2 Å². The first-order chi connectivity index (χ1) is 6.61. The predicted molar refractivity (Wildman–Crippen MR) is 56.1 cm³/mol. The lowest BCUT2D eigenvalue weighted by Gasteiger charge is -2.02. The summed E-state index contributed by atoms with van der Waals surface area (Å²) in [6.45, 7) is 7.60. The second-order valence-corrected chi connectivity index (χ2v) is 4.41. The highest BCUT2D eigenvalue weighted by Gasteiger charge is 2.19. The van der Waals surface area contributed by atoms with Crippen LogP contribution >= 0.6 is 0 Å². The second-order valence-electron chi connectivity index (χ2n) is 4.41. The molecule has 2 aliphatic rings. The molecule has 2 saturated heterocycles. The van der Waals surface area contributed by atoms with Crippen molar-refractivity contribution in [3.63, 3.8) is 0 Å². The van der Waals surface area contributed by atoms with E-state index < -0.39 is 0 Å². The molecule has 2 aliphatic heterocycles. The normalized spacial score (nSPS) is 42.0. The summed E-state index contributed by atoms with van der Waals surface area (Å²) in [5, 5.41) is 24.0. The van der Waals surface area contributed by atoms with Crippen LogP contribution in [0.4, 0.5) is 0 Å². The Kier molecular flexibility index (Phi) is 4.81. The predicted octanol–water partition coefficient (Wildman–Crippen LogP) is -0.827. The molecule has 4 heteroatoms. The smallest absolute Gasteiger partial charge is 0.0702 e. The minimum absolute atomic E-state index is 0.0972. The van der Waals surface area contributed by atoms with Crippen LogP contribution in [0.2, 0.25) is 0 Å². The van der Waals surface area contributed by atoms with Crippen LogP contribution in [-0.4, -0.2) is 48.6 Å². The Morgan fingerprint density at radius 2 is 1.14 bits per heavy atom. The monoisotopic (exact) mass is 202 g/mol. The first kappa shape index (κ1) is 11.9. The summed E-state index contributed by atoms with van der Waals surface area (Å²) in [6, 6.07) is 0. The maximum absolute atomic E-state index is 8.94. The fourth-order valence-corrected chi connectivity index (χ4v) is 1.59. The summed E-state index contributed by atoms with van der Waals surface area (Å²) < 4.78 is 0. The van der Waals surface area contributed by atoms with Gasteiger partial charge in [-0.25, -0.2) is 0 Å². The Morgan fingerprint density at radius 1 is 0.786 bits per heavy atom. The highest BCUT2D eigenvalue weighted by atomic mass is 16.3. The largest absolute Gasteiger partial charge is 0.391 e. The van der Waals surface area contributed by atoms with Gasteiger partial charge in [-0.2, -0.15) is 0 Å². The fourth-order valence-electron chi connectivity index (χ4n) is 1.59. The van der Waals surface area contributed by atoms with Gasteiger partial charge in [0.25, 0.3) is 0 Å². The molecule has 2 heterocycles. The van der Waals surface area contributed by atoms with E-state index in [1.165, 1.54) is 0 Å². The van der Waals surface area contributed by atoms with Crippen LogP contribution < -0.4 is 10.6 Å². The quantitative estimate of drug-likeness (QED) is 0.414. The van der Waals surface area contributed by atoms with Crippen molar-refractivity contribution in [2.45, 2.75) is 26.1 Å². The zero-order valence-electron chi connectivity index (χ0n) is 9.03. The SMILES string of the molecule is C[C@@H]1CNC[C@@H]1O.C[C@H]1CNC[C@H]1O. The molecule has 0 bridgehead atoms. The van der Waals surface area contributed by atoms with Gasteiger partial charge in [0.1, 0.15) is 0 Å². The lowest BCUT2D eigenvalue weighted by molar-refractivity contribution is 0.156. The van der Waals surface area contributed by atoms with Gasteiger partial charge in [0.15, 0.2) is 0 Å². The van der Waals surface area contributed by atoms with Crippen LogP contribution in [0.3, 0.4) is 0 Å². The van der Waals surface area contributed by atoms with Crippen LogP contribution in [0.5, 0.6) is 0 Å². The van der Waals surface area contributed by atoms with Gasteiger partial charge in [-0.05, 0) is 11.8 Å². The van der Waals surface area contributed by atoms with Gasteiger partial charge >= 0.3 is 0 Å². The fraction of sp³-hybridized carbons (Fsp3) is 1.00. The highest BCUT2D eigenvalue weighted by Crippen LogP contribution is 2.05. The molecule has 84 valence electrons. The summed E-state index contributed by atoms with van der Waals surface area (Å²) in [7, 11) is 0. The van der Waals surface area contributed by atoms with E-state index in [2.05, 4.69) is 10.6 Å². The maximum atomic E-state index is 8.94. The van der Waals surface area contributed by atoms with Crippen molar-refractivity contribution in [1.29, 1.82) is 0 Å².